The molecule has 0 radical (unpaired) electrons. The molecule has 2 aromatic rings. The third-order valence-electron chi connectivity index (χ3n) is 6.09. The molecule has 2 aliphatic heterocycles. The first-order valence-corrected chi connectivity index (χ1v) is 12.8. The van der Waals surface area contributed by atoms with Crippen molar-refractivity contribution in [1.82, 2.24) is 5.32 Å². The lowest BCUT2D eigenvalue weighted by Crippen LogP contribution is -2.41. The molecule has 1 N–H and O–H groups in total. The van der Waals surface area contributed by atoms with Crippen LogP contribution in [-0.4, -0.2) is 52.0 Å². The minimum atomic E-state index is -2.92. The molecule has 1 saturated heterocycles. The molecular weight excluding hydrogens is 410 g/mol. The first-order chi connectivity index (χ1) is 14.9. The van der Waals surface area contributed by atoms with Crippen LogP contribution in [0.3, 0.4) is 0 Å². The smallest absolute Gasteiger partial charge is 0.239 e. The van der Waals surface area contributed by atoms with Crippen LogP contribution in [0.4, 0.5) is 11.4 Å². The Balaban J connectivity index is 1.45. The molecule has 0 bridgehead atoms. The number of rotatable bonds is 6. The molecule has 0 aliphatic carbocycles. The average molecular weight is 442 g/mol. The number of benzene rings is 2. The lowest BCUT2D eigenvalue weighted by atomic mass is 10.1. The molecule has 6 nitrogen and oxygen atoms in total. The second-order valence-corrected chi connectivity index (χ2v) is 11.1. The van der Waals surface area contributed by atoms with Gasteiger partial charge in [0.2, 0.25) is 5.91 Å². The standard InChI is InChI=1S/C24H31N3O3S/c1-19-14-26(16-20-7-3-2-4-8-20)22-9-5-6-10-23(22)27(15-19)17-24(28)25-13-21-11-12-31(29,30)18-21/h2-10,19,21H,11-18H2,1H3,(H,25,28). The van der Waals surface area contributed by atoms with Gasteiger partial charge in [0, 0.05) is 26.2 Å². The summed E-state index contributed by atoms with van der Waals surface area (Å²) in [5.74, 6) is 0.796. The highest BCUT2D eigenvalue weighted by atomic mass is 32.2. The van der Waals surface area contributed by atoms with Gasteiger partial charge in [-0.05, 0) is 36.0 Å². The third-order valence-corrected chi connectivity index (χ3v) is 7.93. The van der Waals surface area contributed by atoms with Gasteiger partial charge in [-0.2, -0.15) is 0 Å². The summed E-state index contributed by atoms with van der Waals surface area (Å²) in [6.45, 7) is 5.48. The number of anilines is 2. The van der Waals surface area contributed by atoms with Gasteiger partial charge in [-0.3, -0.25) is 4.79 Å². The van der Waals surface area contributed by atoms with Gasteiger partial charge in [-0.25, -0.2) is 8.42 Å². The molecule has 31 heavy (non-hydrogen) atoms. The SMILES string of the molecule is CC1CN(CC(=O)NCC2CCS(=O)(=O)C2)c2ccccc2N(Cc2ccccc2)C1. The summed E-state index contributed by atoms with van der Waals surface area (Å²) in [5, 5.41) is 2.97. The van der Waals surface area contributed by atoms with E-state index in [-0.39, 0.29) is 29.9 Å². The number of para-hydroxylation sites is 2. The largest absolute Gasteiger partial charge is 0.365 e. The zero-order chi connectivity index (χ0) is 21.8. The number of amides is 1. The summed E-state index contributed by atoms with van der Waals surface area (Å²) in [6.07, 6.45) is 0.640. The van der Waals surface area contributed by atoms with Crippen molar-refractivity contribution in [3.05, 3.63) is 60.2 Å². The topological polar surface area (TPSA) is 69.7 Å². The zero-order valence-corrected chi connectivity index (χ0v) is 18.9. The van der Waals surface area contributed by atoms with Crippen LogP contribution >= 0.6 is 0 Å². The van der Waals surface area contributed by atoms with E-state index in [9.17, 15) is 13.2 Å². The van der Waals surface area contributed by atoms with Gasteiger partial charge in [0.15, 0.2) is 9.84 Å². The molecule has 1 amide bonds. The maximum atomic E-state index is 12.7. The lowest BCUT2D eigenvalue weighted by Gasteiger charge is -2.27. The van der Waals surface area contributed by atoms with E-state index in [0.29, 0.717) is 18.9 Å². The fraction of sp³-hybridized carbons (Fsp3) is 0.458. The number of hydrogen-bond donors (Lipinski definition) is 1. The van der Waals surface area contributed by atoms with E-state index >= 15 is 0 Å². The van der Waals surface area contributed by atoms with Gasteiger partial charge in [0.05, 0.1) is 29.4 Å². The molecule has 1 fully saturated rings. The molecule has 4 rings (SSSR count). The Morgan fingerprint density at radius 1 is 1.00 bits per heavy atom. The average Bonchev–Trinajstić information content (AvgIpc) is 3.04. The highest BCUT2D eigenvalue weighted by Crippen LogP contribution is 2.34. The second-order valence-electron chi connectivity index (χ2n) is 8.91. The Morgan fingerprint density at radius 2 is 1.65 bits per heavy atom. The highest BCUT2D eigenvalue weighted by Gasteiger charge is 2.29. The second kappa shape index (κ2) is 9.30. The molecule has 2 atom stereocenters. The zero-order valence-electron chi connectivity index (χ0n) is 18.0. The van der Waals surface area contributed by atoms with Crippen LogP contribution in [0.1, 0.15) is 18.9 Å². The van der Waals surface area contributed by atoms with Gasteiger partial charge in [-0.15, -0.1) is 0 Å². The molecule has 2 aliphatic rings. The van der Waals surface area contributed by atoms with Crippen LogP contribution in [0.25, 0.3) is 0 Å². The molecule has 166 valence electrons. The minimum Gasteiger partial charge on any atom is -0.365 e. The normalized spacial score (nSPS) is 22.6. The molecular formula is C24H31N3O3S. The van der Waals surface area contributed by atoms with Gasteiger partial charge < -0.3 is 15.1 Å². The summed E-state index contributed by atoms with van der Waals surface area (Å²) in [4.78, 5) is 17.3. The Hall–Kier alpha value is -2.54. The van der Waals surface area contributed by atoms with Gasteiger partial charge >= 0.3 is 0 Å². The van der Waals surface area contributed by atoms with E-state index in [1.54, 1.807) is 0 Å². The van der Waals surface area contributed by atoms with Crippen molar-refractivity contribution in [2.24, 2.45) is 11.8 Å². The Labute approximate surface area is 185 Å². The number of hydrogen-bond acceptors (Lipinski definition) is 5. The first-order valence-electron chi connectivity index (χ1n) is 11.0. The molecule has 0 saturated carbocycles. The summed E-state index contributed by atoms with van der Waals surface area (Å²) in [6, 6.07) is 18.7. The van der Waals surface area contributed by atoms with Gasteiger partial charge in [0.1, 0.15) is 0 Å². The maximum Gasteiger partial charge on any atom is 0.239 e. The van der Waals surface area contributed by atoms with Crippen molar-refractivity contribution in [3.8, 4) is 0 Å². The number of fused-ring (bicyclic) bond motifs is 1. The van der Waals surface area contributed by atoms with E-state index in [4.69, 9.17) is 0 Å². The molecule has 0 spiro atoms. The fourth-order valence-corrected chi connectivity index (χ4v) is 6.49. The number of carbonyl (C=O) groups excluding carboxylic acids is 1. The van der Waals surface area contributed by atoms with E-state index in [0.717, 1.165) is 31.0 Å². The van der Waals surface area contributed by atoms with Crippen molar-refractivity contribution in [3.63, 3.8) is 0 Å². The fourth-order valence-electron chi connectivity index (χ4n) is 4.63. The van der Waals surface area contributed by atoms with Crippen LogP contribution in [-0.2, 0) is 21.2 Å². The number of nitrogens with zero attached hydrogens (tertiary/aromatic N) is 2. The Kier molecular flexibility index (Phi) is 6.51. The van der Waals surface area contributed by atoms with E-state index in [1.165, 1.54) is 5.56 Å². The summed E-state index contributed by atoms with van der Waals surface area (Å²) in [7, 11) is -2.92. The van der Waals surface area contributed by atoms with Gasteiger partial charge in [-0.1, -0.05) is 49.4 Å². The van der Waals surface area contributed by atoms with Crippen LogP contribution < -0.4 is 15.1 Å². The molecule has 7 heteroatoms. The van der Waals surface area contributed by atoms with Crippen molar-refractivity contribution in [1.29, 1.82) is 0 Å². The lowest BCUT2D eigenvalue weighted by molar-refractivity contribution is -0.119. The molecule has 2 aromatic carbocycles. The summed E-state index contributed by atoms with van der Waals surface area (Å²) >= 11 is 0. The predicted molar refractivity (Wildman–Crippen MR) is 125 cm³/mol. The number of nitrogens with one attached hydrogen (secondary N) is 1. The van der Waals surface area contributed by atoms with E-state index in [1.807, 2.05) is 18.2 Å². The molecule has 0 aromatic heterocycles. The monoisotopic (exact) mass is 441 g/mol. The minimum absolute atomic E-state index is 0.0330. The molecule has 2 unspecified atom stereocenters. The predicted octanol–water partition coefficient (Wildman–Crippen LogP) is 2.70. The maximum absolute atomic E-state index is 12.7. The van der Waals surface area contributed by atoms with Gasteiger partial charge in [0.25, 0.3) is 0 Å². The third kappa shape index (κ3) is 5.58. The van der Waals surface area contributed by atoms with Crippen LogP contribution in [0, 0.1) is 11.8 Å². The van der Waals surface area contributed by atoms with Crippen LogP contribution in [0.2, 0.25) is 0 Å². The molecule has 2 heterocycles. The van der Waals surface area contributed by atoms with E-state index in [2.05, 4.69) is 58.4 Å². The number of carbonyl (C=O) groups is 1. The van der Waals surface area contributed by atoms with Crippen molar-refractivity contribution in [2.75, 3.05) is 47.5 Å². The first kappa shape index (κ1) is 21.7. The van der Waals surface area contributed by atoms with Crippen molar-refractivity contribution in [2.45, 2.75) is 19.9 Å². The Bertz CT molecular complexity index is 1010. The Morgan fingerprint density at radius 3 is 2.32 bits per heavy atom. The van der Waals surface area contributed by atoms with Crippen molar-refractivity contribution >= 4 is 27.1 Å². The number of sulfone groups is 1. The summed E-state index contributed by atoms with van der Waals surface area (Å²) < 4.78 is 23.3. The van der Waals surface area contributed by atoms with Crippen LogP contribution in [0.15, 0.2) is 54.6 Å². The van der Waals surface area contributed by atoms with E-state index < -0.39 is 9.84 Å². The van der Waals surface area contributed by atoms with Crippen molar-refractivity contribution < 1.29 is 13.2 Å². The summed E-state index contributed by atoms with van der Waals surface area (Å²) in [5.41, 5.74) is 3.48. The van der Waals surface area contributed by atoms with Crippen LogP contribution in [0.5, 0.6) is 0 Å². The highest BCUT2D eigenvalue weighted by molar-refractivity contribution is 7.91. The quantitative estimate of drug-likeness (QED) is 0.747.